The summed E-state index contributed by atoms with van der Waals surface area (Å²) in [6.07, 6.45) is 0. The summed E-state index contributed by atoms with van der Waals surface area (Å²) in [7, 11) is 1.41. The summed E-state index contributed by atoms with van der Waals surface area (Å²) in [6, 6.07) is 0. The maximum absolute atomic E-state index is 11.8. The first-order chi connectivity index (χ1) is 7.79. The van der Waals surface area contributed by atoms with Gasteiger partial charge < -0.3 is 14.7 Å². The topological polar surface area (TPSA) is 87.2 Å². The van der Waals surface area contributed by atoms with Crippen LogP contribution in [-0.2, 0) is 19.6 Å². The van der Waals surface area contributed by atoms with Gasteiger partial charge in [-0.3, -0.25) is 4.79 Å². The minimum absolute atomic E-state index is 0.0560. The van der Waals surface area contributed by atoms with Crippen molar-refractivity contribution in [3.63, 3.8) is 0 Å². The van der Waals surface area contributed by atoms with Crippen molar-refractivity contribution in [1.82, 2.24) is 9.21 Å². The molecule has 0 aliphatic heterocycles. The Hall–Kier alpha value is -0.700. The second kappa shape index (κ2) is 7.59. The summed E-state index contributed by atoms with van der Waals surface area (Å²) in [4.78, 5) is 12.4. The van der Waals surface area contributed by atoms with Crippen LogP contribution in [0.1, 0.15) is 0 Å². The van der Waals surface area contributed by atoms with Crippen LogP contribution in [0.15, 0.2) is 0 Å². The molecule has 0 aromatic rings. The Kier molecular flexibility index (Phi) is 7.28. The maximum atomic E-state index is 11.8. The van der Waals surface area contributed by atoms with Gasteiger partial charge in [-0.25, -0.2) is 8.42 Å². The molecule has 0 aromatic heterocycles. The van der Waals surface area contributed by atoms with Crippen LogP contribution in [0.2, 0.25) is 0 Å². The highest BCUT2D eigenvalue weighted by molar-refractivity contribution is 7.89. The number of likely N-dealkylation sites (N-methyl/N-ethyl adjacent to an activating group) is 1. The van der Waals surface area contributed by atoms with E-state index < -0.39 is 22.5 Å². The summed E-state index contributed by atoms with van der Waals surface area (Å²) < 4.78 is 29.3. The third kappa shape index (κ3) is 7.27. The fourth-order valence-electron chi connectivity index (χ4n) is 1.10. The molecule has 0 amide bonds. The van der Waals surface area contributed by atoms with E-state index in [0.29, 0.717) is 6.54 Å². The van der Waals surface area contributed by atoms with Crippen molar-refractivity contribution in [2.75, 3.05) is 53.2 Å². The minimum Gasteiger partial charge on any atom is -0.480 e. The molecule has 0 unspecified atom stereocenters. The summed E-state index contributed by atoms with van der Waals surface area (Å²) >= 11 is 0. The van der Waals surface area contributed by atoms with E-state index >= 15 is 0 Å². The molecule has 0 fully saturated rings. The Balaban J connectivity index is 4.59. The highest BCUT2D eigenvalue weighted by atomic mass is 32.2. The number of hydrogen-bond acceptors (Lipinski definition) is 5. The molecular formula is C9H20N2O5S. The normalized spacial score (nSPS) is 12.3. The summed E-state index contributed by atoms with van der Waals surface area (Å²) in [6.45, 7) is 0.172. The van der Waals surface area contributed by atoms with Crippen LogP contribution in [-0.4, -0.2) is 81.9 Å². The van der Waals surface area contributed by atoms with Crippen LogP contribution in [0, 0.1) is 0 Å². The number of rotatable bonds is 9. The van der Waals surface area contributed by atoms with Gasteiger partial charge >= 0.3 is 5.97 Å². The first-order valence-electron chi connectivity index (χ1n) is 5.13. The molecule has 0 radical (unpaired) electrons. The molecule has 0 bridgehead atoms. The third-order valence-corrected chi connectivity index (χ3v) is 3.83. The van der Waals surface area contributed by atoms with Crippen molar-refractivity contribution < 1.29 is 23.1 Å². The van der Waals surface area contributed by atoms with E-state index in [1.54, 1.807) is 19.0 Å². The lowest BCUT2D eigenvalue weighted by Gasteiger charge is -2.21. The SMILES string of the molecule is COCCS(=O)(=O)N(CCN(C)C)CC(=O)O. The monoisotopic (exact) mass is 268 g/mol. The second-order valence-corrected chi connectivity index (χ2v) is 5.93. The highest BCUT2D eigenvalue weighted by Crippen LogP contribution is 2.02. The van der Waals surface area contributed by atoms with Gasteiger partial charge in [0, 0.05) is 20.2 Å². The van der Waals surface area contributed by atoms with Crippen LogP contribution in [0.25, 0.3) is 0 Å². The molecule has 1 N–H and O–H groups in total. The largest absolute Gasteiger partial charge is 0.480 e. The van der Waals surface area contributed by atoms with Crippen molar-refractivity contribution in [1.29, 1.82) is 0 Å². The Bertz CT molecular complexity index is 328. The molecule has 102 valence electrons. The van der Waals surface area contributed by atoms with E-state index in [1.807, 2.05) is 0 Å². The van der Waals surface area contributed by atoms with Crippen molar-refractivity contribution in [3.05, 3.63) is 0 Å². The summed E-state index contributed by atoms with van der Waals surface area (Å²) in [5.74, 6) is -1.37. The van der Waals surface area contributed by atoms with E-state index in [1.165, 1.54) is 7.11 Å². The van der Waals surface area contributed by atoms with Gasteiger partial charge in [0.25, 0.3) is 0 Å². The predicted molar refractivity (Wildman–Crippen MR) is 63.4 cm³/mol. The second-order valence-electron chi connectivity index (χ2n) is 3.84. The lowest BCUT2D eigenvalue weighted by Crippen LogP contribution is -2.41. The Morgan fingerprint density at radius 1 is 1.29 bits per heavy atom. The molecule has 0 saturated heterocycles. The Morgan fingerprint density at radius 3 is 2.29 bits per heavy atom. The van der Waals surface area contributed by atoms with Gasteiger partial charge in [-0.1, -0.05) is 0 Å². The van der Waals surface area contributed by atoms with Crippen molar-refractivity contribution >= 4 is 16.0 Å². The van der Waals surface area contributed by atoms with Gasteiger partial charge in [-0.2, -0.15) is 4.31 Å². The van der Waals surface area contributed by atoms with Gasteiger partial charge in [0.1, 0.15) is 6.54 Å². The van der Waals surface area contributed by atoms with Crippen LogP contribution in [0.5, 0.6) is 0 Å². The van der Waals surface area contributed by atoms with E-state index in [4.69, 9.17) is 9.84 Å². The molecule has 17 heavy (non-hydrogen) atoms. The molecule has 0 aliphatic carbocycles. The average molecular weight is 268 g/mol. The number of methoxy groups -OCH3 is 1. The fourth-order valence-corrected chi connectivity index (χ4v) is 2.40. The minimum atomic E-state index is -3.57. The number of sulfonamides is 1. The number of carboxylic acids is 1. The van der Waals surface area contributed by atoms with Crippen LogP contribution in [0.3, 0.4) is 0 Å². The van der Waals surface area contributed by atoms with E-state index in [0.717, 1.165) is 4.31 Å². The van der Waals surface area contributed by atoms with Crippen LogP contribution in [0.4, 0.5) is 0 Å². The molecule has 0 rings (SSSR count). The quantitative estimate of drug-likeness (QED) is 0.572. The van der Waals surface area contributed by atoms with Gasteiger partial charge in [0.15, 0.2) is 0 Å². The molecule has 0 heterocycles. The zero-order chi connectivity index (χ0) is 13.5. The standard InChI is InChI=1S/C9H20N2O5S/c1-10(2)4-5-11(8-9(12)13)17(14,15)7-6-16-3/h4-8H2,1-3H3,(H,12,13). The molecule has 8 heteroatoms. The number of ether oxygens (including phenoxy) is 1. The average Bonchev–Trinajstić information content (AvgIpc) is 2.20. The van der Waals surface area contributed by atoms with Gasteiger partial charge in [0.2, 0.25) is 10.0 Å². The molecule has 7 nitrogen and oxygen atoms in total. The summed E-state index contributed by atoms with van der Waals surface area (Å²) in [5.41, 5.74) is 0. The van der Waals surface area contributed by atoms with Gasteiger partial charge in [-0.05, 0) is 14.1 Å². The predicted octanol–water partition coefficient (Wildman–Crippen LogP) is -1.09. The lowest BCUT2D eigenvalue weighted by atomic mass is 10.5. The Morgan fingerprint density at radius 2 is 1.88 bits per heavy atom. The number of carboxylic acid groups (broad SMARTS) is 1. The van der Waals surface area contributed by atoms with Crippen molar-refractivity contribution in [3.8, 4) is 0 Å². The van der Waals surface area contributed by atoms with E-state index in [-0.39, 0.29) is 18.9 Å². The molecule has 0 aliphatic rings. The lowest BCUT2D eigenvalue weighted by molar-refractivity contribution is -0.137. The van der Waals surface area contributed by atoms with E-state index in [2.05, 4.69) is 0 Å². The highest BCUT2D eigenvalue weighted by Gasteiger charge is 2.23. The zero-order valence-corrected chi connectivity index (χ0v) is 11.2. The fraction of sp³-hybridized carbons (Fsp3) is 0.889. The molecule has 0 atom stereocenters. The number of hydrogen-bond donors (Lipinski definition) is 1. The number of aliphatic carboxylic acids is 1. The molecular weight excluding hydrogens is 248 g/mol. The third-order valence-electron chi connectivity index (χ3n) is 2.05. The van der Waals surface area contributed by atoms with Gasteiger partial charge in [0.05, 0.1) is 12.4 Å². The Labute approximate surface area is 102 Å². The van der Waals surface area contributed by atoms with E-state index in [9.17, 15) is 13.2 Å². The molecule has 0 saturated carbocycles. The van der Waals surface area contributed by atoms with Crippen LogP contribution >= 0.6 is 0 Å². The smallest absolute Gasteiger partial charge is 0.318 e. The molecule has 0 spiro atoms. The first-order valence-corrected chi connectivity index (χ1v) is 6.74. The summed E-state index contributed by atoms with van der Waals surface area (Å²) in [5, 5.41) is 8.69. The first kappa shape index (κ1) is 16.3. The maximum Gasteiger partial charge on any atom is 0.318 e. The van der Waals surface area contributed by atoms with Crippen molar-refractivity contribution in [2.24, 2.45) is 0 Å². The zero-order valence-electron chi connectivity index (χ0n) is 10.4. The number of nitrogens with zero attached hydrogens (tertiary/aromatic N) is 2. The van der Waals surface area contributed by atoms with Gasteiger partial charge in [-0.15, -0.1) is 0 Å². The molecule has 0 aromatic carbocycles. The van der Waals surface area contributed by atoms with Crippen LogP contribution < -0.4 is 0 Å². The van der Waals surface area contributed by atoms with Crippen molar-refractivity contribution in [2.45, 2.75) is 0 Å². The number of carbonyl (C=O) groups is 1.